The van der Waals surface area contributed by atoms with Crippen LogP contribution < -0.4 is 10.1 Å². The summed E-state index contributed by atoms with van der Waals surface area (Å²) < 4.78 is 33.7. The van der Waals surface area contributed by atoms with E-state index in [1.165, 1.54) is 23.8 Å². The van der Waals surface area contributed by atoms with E-state index < -0.39 is 6.10 Å². The molecule has 0 saturated carbocycles. The number of amides is 1. The molecule has 1 heterocycles. The standard InChI is InChI=1S/C32H30F2N2O2/c1-22(32(37)35-20-23-11-14-27(33)15-12-23)38-28-16-13-24-17-18-36(21-26-9-5-6-10-30(26)34)31(29(24)19-28)25-7-3-2-4-8-25/h2-16,19,22,31H,17-18,20-21H2,1H3,(H,35,37)/t22-,31+/m0/s1. The number of hydrogen-bond acceptors (Lipinski definition) is 3. The molecule has 38 heavy (non-hydrogen) atoms. The van der Waals surface area contributed by atoms with Gasteiger partial charge in [0.2, 0.25) is 0 Å². The summed E-state index contributed by atoms with van der Waals surface area (Å²) in [6.07, 6.45) is 0.114. The Morgan fingerprint density at radius 3 is 2.47 bits per heavy atom. The minimum atomic E-state index is -0.721. The molecule has 0 aromatic heterocycles. The lowest BCUT2D eigenvalue weighted by molar-refractivity contribution is -0.127. The van der Waals surface area contributed by atoms with Crippen LogP contribution in [-0.2, 0) is 24.3 Å². The Labute approximate surface area is 221 Å². The number of benzene rings is 4. The van der Waals surface area contributed by atoms with Crippen LogP contribution in [0.15, 0.2) is 97.1 Å². The molecule has 4 aromatic rings. The normalized spacial score (nSPS) is 15.9. The molecule has 0 radical (unpaired) electrons. The molecule has 5 rings (SSSR count). The Hall–Kier alpha value is -4.03. The van der Waals surface area contributed by atoms with Crippen LogP contribution in [0.3, 0.4) is 0 Å². The fourth-order valence-electron chi connectivity index (χ4n) is 4.95. The molecule has 194 valence electrons. The van der Waals surface area contributed by atoms with E-state index in [1.54, 1.807) is 25.1 Å². The third kappa shape index (κ3) is 5.92. The predicted octanol–water partition coefficient (Wildman–Crippen LogP) is 6.20. The van der Waals surface area contributed by atoms with Crippen LogP contribution in [0.5, 0.6) is 5.75 Å². The zero-order valence-corrected chi connectivity index (χ0v) is 21.2. The van der Waals surface area contributed by atoms with Crippen molar-refractivity contribution >= 4 is 5.91 Å². The van der Waals surface area contributed by atoms with E-state index in [-0.39, 0.29) is 30.1 Å². The zero-order chi connectivity index (χ0) is 26.5. The molecule has 0 saturated heterocycles. The molecular formula is C32H30F2N2O2. The van der Waals surface area contributed by atoms with E-state index in [0.717, 1.165) is 29.7 Å². The highest BCUT2D eigenvalue weighted by atomic mass is 19.1. The van der Waals surface area contributed by atoms with Gasteiger partial charge in [-0.2, -0.15) is 0 Å². The Balaban J connectivity index is 1.35. The van der Waals surface area contributed by atoms with Crippen molar-refractivity contribution in [1.29, 1.82) is 0 Å². The number of nitrogens with one attached hydrogen (secondary N) is 1. The van der Waals surface area contributed by atoms with Crippen LogP contribution in [0.25, 0.3) is 0 Å². The van der Waals surface area contributed by atoms with E-state index in [2.05, 4.69) is 28.4 Å². The van der Waals surface area contributed by atoms with Crippen LogP contribution in [-0.4, -0.2) is 23.5 Å². The summed E-state index contributed by atoms with van der Waals surface area (Å²) >= 11 is 0. The van der Waals surface area contributed by atoms with Crippen molar-refractivity contribution in [3.63, 3.8) is 0 Å². The number of ether oxygens (including phenoxy) is 1. The number of carbonyl (C=O) groups is 1. The van der Waals surface area contributed by atoms with Crippen molar-refractivity contribution < 1.29 is 18.3 Å². The van der Waals surface area contributed by atoms with Crippen molar-refractivity contribution in [2.45, 2.75) is 38.6 Å². The monoisotopic (exact) mass is 512 g/mol. The van der Waals surface area contributed by atoms with Crippen LogP contribution >= 0.6 is 0 Å². The first kappa shape index (κ1) is 25.6. The molecule has 0 unspecified atom stereocenters. The van der Waals surface area contributed by atoms with Gasteiger partial charge in [-0.1, -0.05) is 66.7 Å². The molecule has 0 spiro atoms. The third-order valence-electron chi connectivity index (χ3n) is 6.95. The first-order valence-electron chi connectivity index (χ1n) is 12.8. The molecule has 1 aliphatic heterocycles. The van der Waals surface area contributed by atoms with E-state index in [4.69, 9.17) is 4.74 Å². The zero-order valence-electron chi connectivity index (χ0n) is 21.2. The highest BCUT2D eigenvalue weighted by Gasteiger charge is 2.30. The molecule has 0 bridgehead atoms. The van der Waals surface area contributed by atoms with Crippen molar-refractivity contribution in [3.8, 4) is 5.75 Å². The molecule has 0 fully saturated rings. The number of hydrogen-bond donors (Lipinski definition) is 1. The molecule has 0 aliphatic carbocycles. The first-order chi connectivity index (χ1) is 18.5. The molecule has 6 heteroatoms. The van der Waals surface area contributed by atoms with Gasteiger partial charge in [-0.05, 0) is 65.9 Å². The van der Waals surface area contributed by atoms with E-state index in [9.17, 15) is 13.6 Å². The lowest BCUT2D eigenvalue weighted by Crippen LogP contribution is -2.37. The second-order valence-electron chi connectivity index (χ2n) is 9.59. The highest BCUT2D eigenvalue weighted by molar-refractivity contribution is 5.80. The molecule has 1 N–H and O–H groups in total. The van der Waals surface area contributed by atoms with E-state index in [0.29, 0.717) is 17.9 Å². The number of nitrogens with zero attached hydrogens (tertiary/aromatic N) is 1. The van der Waals surface area contributed by atoms with E-state index >= 15 is 0 Å². The summed E-state index contributed by atoms with van der Waals surface area (Å²) in [7, 11) is 0. The molecule has 1 aliphatic rings. The lowest BCUT2D eigenvalue weighted by atomic mass is 9.87. The van der Waals surface area contributed by atoms with Crippen LogP contribution in [0.1, 0.15) is 40.8 Å². The maximum atomic E-state index is 14.5. The fraction of sp³-hybridized carbons (Fsp3) is 0.219. The van der Waals surface area contributed by atoms with Gasteiger partial charge in [0.25, 0.3) is 5.91 Å². The predicted molar refractivity (Wildman–Crippen MR) is 144 cm³/mol. The van der Waals surface area contributed by atoms with Gasteiger partial charge in [-0.25, -0.2) is 8.78 Å². The minimum absolute atomic E-state index is 0.0780. The number of halogens is 2. The smallest absolute Gasteiger partial charge is 0.261 e. The highest BCUT2D eigenvalue weighted by Crippen LogP contribution is 2.38. The van der Waals surface area contributed by atoms with Gasteiger partial charge < -0.3 is 10.1 Å². The maximum Gasteiger partial charge on any atom is 0.261 e. The average Bonchev–Trinajstić information content (AvgIpc) is 2.94. The summed E-state index contributed by atoms with van der Waals surface area (Å²) in [6.45, 7) is 3.28. The second kappa shape index (κ2) is 11.6. The first-order valence-corrected chi connectivity index (χ1v) is 12.8. The largest absolute Gasteiger partial charge is 0.481 e. The van der Waals surface area contributed by atoms with E-state index in [1.807, 2.05) is 42.5 Å². The van der Waals surface area contributed by atoms with Gasteiger partial charge >= 0.3 is 0 Å². The lowest BCUT2D eigenvalue weighted by Gasteiger charge is -2.38. The molecule has 1 amide bonds. The average molecular weight is 513 g/mol. The summed E-state index contributed by atoms with van der Waals surface area (Å²) in [6, 6.07) is 29.0. The van der Waals surface area contributed by atoms with Crippen molar-refractivity contribution in [2.24, 2.45) is 0 Å². The number of fused-ring (bicyclic) bond motifs is 1. The number of carbonyl (C=O) groups excluding carboxylic acids is 1. The van der Waals surface area contributed by atoms with Crippen LogP contribution in [0.4, 0.5) is 8.78 Å². The second-order valence-corrected chi connectivity index (χ2v) is 9.59. The van der Waals surface area contributed by atoms with Crippen LogP contribution in [0, 0.1) is 11.6 Å². The maximum absolute atomic E-state index is 14.5. The summed E-state index contributed by atoms with van der Waals surface area (Å²) in [5.41, 5.74) is 4.89. The van der Waals surface area contributed by atoms with Gasteiger partial charge in [0.1, 0.15) is 17.4 Å². The molecule has 4 aromatic carbocycles. The van der Waals surface area contributed by atoms with Gasteiger partial charge in [0.15, 0.2) is 6.10 Å². The molecular weight excluding hydrogens is 482 g/mol. The van der Waals surface area contributed by atoms with Crippen molar-refractivity contribution in [3.05, 3.63) is 137 Å². The fourth-order valence-corrected chi connectivity index (χ4v) is 4.95. The third-order valence-corrected chi connectivity index (χ3v) is 6.95. The summed E-state index contributed by atoms with van der Waals surface area (Å²) in [5.74, 6) is -0.178. The number of rotatable bonds is 8. The van der Waals surface area contributed by atoms with Crippen molar-refractivity contribution in [1.82, 2.24) is 10.2 Å². The van der Waals surface area contributed by atoms with Gasteiger partial charge in [-0.15, -0.1) is 0 Å². The molecule has 2 atom stereocenters. The Kier molecular flexibility index (Phi) is 7.80. The SMILES string of the molecule is C[C@H](Oc1ccc2c(c1)[C@@H](c1ccccc1)N(Cc1ccccc1F)CC2)C(=O)NCc1ccc(F)cc1. The summed E-state index contributed by atoms with van der Waals surface area (Å²) in [5, 5.41) is 2.84. The van der Waals surface area contributed by atoms with Crippen LogP contribution in [0.2, 0.25) is 0 Å². The Morgan fingerprint density at radius 1 is 0.974 bits per heavy atom. The molecule has 4 nitrogen and oxygen atoms in total. The van der Waals surface area contributed by atoms with Crippen molar-refractivity contribution in [2.75, 3.05) is 6.54 Å². The minimum Gasteiger partial charge on any atom is -0.481 e. The van der Waals surface area contributed by atoms with Gasteiger partial charge in [0, 0.05) is 25.2 Å². The topological polar surface area (TPSA) is 41.6 Å². The quantitative estimate of drug-likeness (QED) is 0.306. The van der Waals surface area contributed by atoms with Gasteiger partial charge in [0.05, 0.1) is 6.04 Å². The Bertz CT molecular complexity index is 1390. The summed E-state index contributed by atoms with van der Waals surface area (Å²) in [4.78, 5) is 15.0. The van der Waals surface area contributed by atoms with Gasteiger partial charge in [-0.3, -0.25) is 9.69 Å². The Morgan fingerprint density at radius 2 is 1.71 bits per heavy atom.